The highest BCUT2D eigenvalue weighted by Gasteiger charge is 2.23. The highest BCUT2D eigenvalue weighted by Crippen LogP contribution is 2.27. The molecule has 6 heteroatoms. The number of para-hydroxylation sites is 2. The van der Waals surface area contributed by atoms with E-state index in [-0.39, 0.29) is 6.03 Å². The maximum atomic E-state index is 12.4. The predicted molar refractivity (Wildman–Crippen MR) is 100 cm³/mol. The van der Waals surface area contributed by atoms with E-state index in [1.54, 1.807) is 6.07 Å². The zero-order chi connectivity index (χ0) is 17.6. The zero-order valence-electron chi connectivity index (χ0n) is 15.2. The van der Waals surface area contributed by atoms with E-state index >= 15 is 0 Å². The Morgan fingerprint density at radius 2 is 1.92 bits per heavy atom. The van der Waals surface area contributed by atoms with E-state index in [1.165, 1.54) is 19.3 Å². The Kier molecular flexibility index (Phi) is 6.02. The van der Waals surface area contributed by atoms with Crippen molar-refractivity contribution in [2.45, 2.75) is 32.2 Å². The quantitative estimate of drug-likeness (QED) is 0.877. The number of phenols is 1. The van der Waals surface area contributed by atoms with Gasteiger partial charge in [-0.2, -0.15) is 0 Å². The molecule has 0 bridgehead atoms. The van der Waals surface area contributed by atoms with Crippen LogP contribution >= 0.6 is 0 Å². The second-order valence-electron chi connectivity index (χ2n) is 7.08. The molecule has 6 nitrogen and oxygen atoms in total. The minimum Gasteiger partial charge on any atom is -0.506 e. The number of phenolic OH excluding ortho intramolecular Hbond substituents is 1. The Labute approximate surface area is 150 Å². The number of piperazine rings is 1. The molecular formula is C19H30N4O2. The van der Waals surface area contributed by atoms with Crippen molar-refractivity contribution in [2.24, 2.45) is 0 Å². The van der Waals surface area contributed by atoms with Crippen LogP contribution < -0.4 is 10.2 Å². The number of nitrogens with one attached hydrogen (secondary N) is 1. The summed E-state index contributed by atoms with van der Waals surface area (Å²) in [5.41, 5.74) is 0.849. The van der Waals surface area contributed by atoms with Crippen LogP contribution in [0.4, 0.5) is 10.5 Å². The van der Waals surface area contributed by atoms with Gasteiger partial charge in [-0.25, -0.2) is 4.79 Å². The number of anilines is 1. The van der Waals surface area contributed by atoms with E-state index < -0.39 is 0 Å². The molecule has 25 heavy (non-hydrogen) atoms. The third-order valence-electron chi connectivity index (χ3n) is 5.41. The summed E-state index contributed by atoms with van der Waals surface area (Å²) in [6.45, 7) is 7.92. The summed E-state index contributed by atoms with van der Waals surface area (Å²) < 4.78 is 0. The van der Waals surface area contributed by atoms with Gasteiger partial charge in [-0.1, -0.05) is 18.6 Å². The number of hydrogen-bond acceptors (Lipinski definition) is 4. The number of piperidine rings is 1. The fourth-order valence-corrected chi connectivity index (χ4v) is 3.79. The Morgan fingerprint density at radius 3 is 2.64 bits per heavy atom. The van der Waals surface area contributed by atoms with Gasteiger partial charge >= 0.3 is 6.03 Å². The molecule has 0 radical (unpaired) electrons. The maximum Gasteiger partial charge on any atom is 0.317 e. The molecule has 0 saturated carbocycles. The number of aromatic hydroxyl groups is 1. The smallest absolute Gasteiger partial charge is 0.317 e. The van der Waals surface area contributed by atoms with E-state index in [0.717, 1.165) is 31.9 Å². The number of benzene rings is 1. The Hall–Kier alpha value is -1.95. The summed E-state index contributed by atoms with van der Waals surface area (Å²) in [6, 6.07) is 8.04. The van der Waals surface area contributed by atoms with Crippen molar-refractivity contribution in [1.82, 2.24) is 15.1 Å². The van der Waals surface area contributed by atoms with Crippen LogP contribution in [0.5, 0.6) is 5.75 Å². The topological polar surface area (TPSA) is 59.1 Å². The Morgan fingerprint density at radius 1 is 1.16 bits per heavy atom. The van der Waals surface area contributed by atoms with Crippen molar-refractivity contribution < 1.29 is 9.90 Å². The summed E-state index contributed by atoms with van der Waals surface area (Å²) in [5.74, 6) is 0.302. The summed E-state index contributed by atoms with van der Waals surface area (Å²) in [7, 11) is 0. The number of nitrogens with zero attached hydrogens (tertiary/aromatic N) is 3. The van der Waals surface area contributed by atoms with Gasteiger partial charge in [0, 0.05) is 45.3 Å². The van der Waals surface area contributed by atoms with Gasteiger partial charge in [-0.15, -0.1) is 0 Å². The first-order valence-electron chi connectivity index (χ1n) is 9.45. The molecular weight excluding hydrogens is 316 g/mol. The zero-order valence-corrected chi connectivity index (χ0v) is 15.2. The molecule has 2 heterocycles. The van der Waals surface area contributed by atoms with Crippen molar-refractivity contribution in [3.8, 4) is 5.75 Å². The number of carbonyl (C=O) groups excluding carboxylic acids is 1. The van der Waals surface area contributed by atoms with Crippen LogP contribution in [0, 0.1) is 0 Å². The number of rotatable bonds is 4. The molecule has 0 aromatic heterocycles. The number of likely N-dealkylation sites (tertiary alicyclic amines) is 1. The van der Waals surface area contributed by atoms with Crippen LogP contribution in [0.3, 0.4) is 0 Å². The van der Waals surface area contributed by atoms with E-state index in [2.05, 4.69) is 22.0 Å². The minimum atomic E-state index is 0.0293. The van der Waals surface area contributed by atoms with Gasteiger partial charge in [0.2, 0.25) is 0 Å². The van der Waals surface area contributed by atoms with Gasteiger partial charge in [-0.3, -0.25) is 4.90 Å². The lowest BCUT2D eigenvalue weighted by atomic mass is 10.0. The van der Waals surface area contributed by atoms with Crippen LogP contribution in [0.2, 0.25) is 0 Å². The third-order valence-corrected chi connectivity index (χ3v) is 5.41. The van der Waals surface area contributed by atoms with Crippen LogP contribution in [0.15, 0.2) is 24.3 Å². The Bertz CT molecular complexity index is 572. The molecule has 1 aromatic rings. The van der Waals surface area contributed by atoms with Crippen LogP contribution in [0.1, 0.15) is 26.2 Å². The average molecular weight is 346 g/mol. The molecule has 1 unspecified atom stereocenters. The van der Waals surface area contributed by atoms with E-state index in [4.69, 9.17) is 0 Å². The number of carbonyl (C=O) groups is 1. The summed E-state index contributed by atoms with van der Waals surface area (Å²) in [6.07, 6.45) is 3.86. The molecule has 1 atom stereocenters. The molecule has 2 fully saturated rings. The monoisotopic (exact) mass is 346 g/mol. The van der Waals surface area contributed by atoms with Gasteiger partial charge in [0.25, 0.3) is 0 Å². The van der Waals surface area contributed by atoms with E-state index in [1.807, 2.05) is 23.1 Å². The van der Waals surface area contributed by atoms with Gasteiger partial charge in [-0.05, 0) is 38.4 Å². The highest BCUT2D eigenvalue weighted by molar-refractivity contribution is 5.74. The Balaban J connectivity index is 1.40. The summed E-state index contributed by atoms with van der Waals surface area (Å²) in [5, 5.41) is 13.0. The first-order valence-corrected chi connectivity index (χ1v) is 9.45. The molecule has 138 valence electrons. The van der Waals surface area contributed by atoms with Gasteiger partial charge in [0.05, 0.1) is 5.69 Å². The lowest BCUT2D eigenvalue weighted by Gasteiger charge is -2.37. The van der Waals surface area contributed by atoms with Crippen molar-refractivity contribution in [1.29, 1.82) is 0 Å². The number of amides is 2. The molecule has 0 spiro atoms. The number of hydrogen-bond donors (Lipinski definition) is 2. The maximum absolute atomic E-state index is 12.4. The molecule has 0 aliphatic carbocycles. The largest absolute Gasteiger partial charge is 0.506 e. The van der Waals surface area contributed by atoms with E-state index in [0.29, 0.717) is 31.4 Å². The molecule has 2 amide bonds. The van der Waals surface area contributed by atoms with Crippen molar-refractivity contribution in [3.05, 3.63) is 24.3 Å². The van der Waals surface area contributed by atoms with Crippen molar-refractivity contribution >= 4 is 11.7 Å². The van der Waals surface area contributed by atoms with Gasteiger partial charge < -0.3 is 20.2 Å². The second-order valence-corrected chi connectivity index (χ2v) is 7.08. The standard InChI is InChI=1S/C19H30N4O2/c1-16-6-4-5-10-21(16)11-9-20-19(25)23-14-12-22(13-15-23)17-7-2-3-8-18(17)24/h2-3,7-8,16,24H,4-6,9-15H2,1H3,(H,20,25). The first kappa shape index (κ1) is 17.9. The molecule has 2 N–H and O–H groups in total. The van der Waals surface area contributed by atoms with Crippen molar-refractivity contribution in [2.75, 3.05) is 50.7 Å². The van der Waals surface area contributed by atoms with Gasteiger partial charge in [0.1, 0.15) is 5.75 Å². The molecule has 2 aliphatic heterocycles. The van der Waals surface area contributed by atoms with Gasteiger partial charge in [0.15, 0.2) is 0 Å². The fraction of sp³-hybridized carbons (Fsp3) is 0.632. The van der Waals surface area contributed by atoms with Crippen LogP contribution in [-0.2, 0) is 0 Å². The first-order chi connectivity index (χ1) is 12.1. The molecule has 1 aromatic carbocycles. The summed E-state index contributed by atoms with van der Waals surface area (Å²) in [4.78, 5) is 18.8. The number of urea groups is 1. The fourth-order valence-electron chi connectivity index (χ4n) is 3.79. The third kappa shape index (κ3) is 4.57. The lowest BCUT2D eigenvalue weighted by Crippen LogP contribution is -2.53. The minimum absolute atomic E-state index is 0.0293. The summed E-state index contributed by atoms with van der Waals surface area (Å²) >= 11 is 0. The second kappa shape index (κ2) is 8.43. The SMILES string of the molecule is CC1CCCCN1CCNC(=O)N1CCN(c2ccccc2O)CC1. The molecule has 2 saturated heterocycles. The lowest BCUT2D eigenvalue weighted by molar-refractivity contribution is 0.157. The molecule has 2 aliphatic rings. The highest BCUT2D eigenvalue weighted by atomic mass is 16.3. The normalized spacial score (nSPS) is 22.0. The van der Waals surface area contributed by atoms with Crippen LogP contribution in [-0.4, -0.2) is 72.8 Å². The van der Waals surface area contributed by atoms with Crippen molar-refractivity contribution in [3.63, 3.8) is 0 Å². The van der Waals surface area contributed by atoms with Crippen LogP contribution in [0.25, 0.3) is 0 Å². The average Bonchev–Trinajstić information content (AvgIpc) is 2.64. The predicted octanol–water partition coefficient (Wildman–Crippen LogP) is 2.10. The molecule has 3 rings (SSSR count). The van der Waals surface area contributed by atoms with E-state index in [9.17, 15) is 9.90 Å².